The highest BCUT2D eigenvalue weighted by Crippen LogP contribution is 2.19. The number of nitrogens with one attached hydrogen (secondary N) is 3. The molecule has 11 heteroatoms. The number of hydrogen-bond donors (Lipinski definition) is 3. The zero-order valence-electron chi connectivity index (χ0n) is 16.5. The molecule has 0 aliphatic rings. The van der Waals surface area contributed by atoms with Crippen molar-refractivity contribution in [3.05, 3.63) is 48.0 Å². The lowest BCUT2D eigenvalue weighted by Gasteiger charge is -2.09. The molecule has 29 heavy (non-hydrogen) atoms. The van der Waals surface area contributed by atoms with Crippen LogP contribution >= 0.6 is 0 Å². The first-order chi connectivity index (χ1) is 13.9. The highest BCUT2D eigenvalue weighted by molar-refractivity contribution is 7.89. The summed E-state index contributed by atoms with van der Waals surface area (Å²) in [5.74, 6) is 1.15. The monoisotopic (exact) mass is 416 g/mol. The van der Waals surface area contributed by atoms with Crippen LogP contribution in [-0.2, 0) is 16.6 Å². The van der Waals surface area contributed by atoms with Gasteiger partial charge >= 0.3 is 0 Å². The van der Waals surface area contributed by atoms with E-state index in [1.807, 2.05) is 19.1 Å². The second-order valence-corrected chi connectivity index (χ2v) is 8.01. The Morgan fingerprint density at radius 1 is 1.00 bits per heavy atom. The zero-order chi connectivity index (χ0) is 20.9. The number of pyridine rings is 1. The SMILES string of the molecule is CCn1nc(C)c(S(=O)(=O)NCCNc2ccc(Nc3ccncc3)nn2)c1C. The van der Waals surface area contributed by atoms with Crippen molar-refractivity contribution in [2.75, 3.05) is 23.7 Å². The normalized spacial score (nSPS) is 11.4. The van der Waals surface area contributed by atoms with Crippen molar-refractivity contribution in [1.29, 1.82) is 0 Å². The molecule has 3 aromatic heterocycles. The minimum absolute atomic E-state index is 0.206. The van der Waals surface area contributed by atoms with Gasteiger partial charge in [-0.1, -0.05) is 0 Å². The smallest absolute Gasteiger partial charge is 0.244 e. The minimum atomic E-state index is -3.63. The number of aromatic nitrogens is 5. The zero-order valence-corrected chi connectivity index (χ0v) is 17.4. The molecule has 0 spiro atoms. The molecule has 0 bridgehead atoms. The van der Waals surface area contributed by atoms with Crippen LogP contribution in [0.2, 0.25) is 0 Å². The predicted molar refractivity (Wildman–Crippen MR) is 111 cm³/mol. The molecular weight excluding hydrogens is 392 g/mol. The lowest BCUT2D eigenvalue weighted by atomic mass is 10.4. The molecule has 0 aromatic carbocycles. The first kappa shape index (κ1) is 20.7. The Morgan fingerprint density at radius 3 is 2.31 bits per heavy atom. The van der Waals surface area contributed by atoms with Crippen molar-refractivity contribution in [3.8, 4) is 0 Å². The van der Waals surface area contributed by atoms with E-state index in [0.29, 0.717) is 36.1 Å². The van der Waals surface area contributed by atoms with Crippen molar-refractivity contribution < 1.29 is 8.42 Å². The second-order valence-electron chi connectivity index (χ2n) is 6.30. The third-order valence-electron chi connectivity index (χ3n) is 4.22. The van der Waals surface area contributed by atoms with Gasteiger partial charge in [-0.3, -0.25) is 9.67 Å². The Kier molecular flexibility index (Phi) is 6.39. The number of nitrogens with zero attached hydrogens (tertiary/aromatic N) is 5. The number of aryl methyl sites for hydroxylation is 2. The molecule has 3 rings (SSSR count). The van der Waals surface area contributed by atoms with E-state index < -0.39 is 10.0 Å². The molecule has 0 fully saturated rings. The Balaban J connectivity index is 1.52. The Bertz CT molecular complexity index is 1050. The van der Waals surface area contributed by atoms with E-state index in [4.69, 9.17) is 0 Å². The third kappa shape index (κ3) is 5.06. The van der Waals surface area contributed by atoms with Crippen LogP contribution in [0.4, 0.5) is 17.3 Å². The van der Waals surface area contributed by atoms with Crippen molar-refractivity contribution >= 4 is 27.3 Å². The number of rotatable bonds is 9. The van der Waals surface area contributed by atoms with Crippen LogP contribution in [0.3, 0.4) is 0 Å². The summed E-state index contributed by atoms with van der Waals surface area (Å²) in [5, 5.41) is 18.6. The van der Waals surface area contributed by atoms with Gasteiger partial charge in [0, 0.05) is 37.7 Å². The molecule has 10 nitrogen and oxygen atoms in total. The van der Waals surface area contributed by atoms with Crippen molar-refractivity contribution in [3.63, 3.8) is 0 Å². The van der Waals surface area contributed by atoms with E-state index in [1.165, 1.54) is 0 Å². The van der Waals surface area contributed by atoms with Crippen molar-refractivity contribution in [1.82, 2.24) is 29.7 Å². The molecule has 0 saturated carbocycles. The maximum atomic E-state index is 12.6. The molecule has 0 radical (unpaired) electrons. The molecule has 154 valence electrons. The molecule has 0 amide bonds. The van der Waals surface area contributed by atoms with Crippen LogP contribution in [0.15, 0.2) is 41.6 Å². The van der Waals surface area contributed by atoms with Crippen molar-refractivity contribution in [2.45, 2.75) is 32.2 Å². The average Bonchev–Trinajstić information content (AvgIpc) is 3.01. The predicted octanol–water partition coefficient (Wildman–Crippen LogP) is 1.84. The summed E-state index contributed by atoms with van der Waals surface area (Å²) < 4.78 is 29.5. The van der Waals surface area contributed by atoms with Gasteiger partial charge in [0.1, 0.15) is 10.7 Å². The van der Waals surface area contributed by atoms with Crippen LogP contribution in [0.1, 0.15) is 18.3 Å². The molecule has 0 unspecified atom stereocenters. The Hall–Kier alpha value is -3.05. The minimum Gasteiger partial charge on any atom is -0.367 e. The van der Waals surface area contributed by atoms with Crippen LogP contribution < -0.4 is 15.4 Å². The quantitative estimate of drug-likeness (QED) is 0.451. The fourth-order valence-electron chi connectivity index (χ4n) is 2.90. The van der Waals surface area contributed by atoms with Crippen LogP contribution in [0.5, 0.6) is 0 Å². The summed E-state index contributed by atoms with van der Waals surface area (Å²) in [6.07, 6.45) is 3.37. The van der Waals surface area contributed by atoms with Gasteiger partial charge < -0.3 is 10.6 Å². The summed E-state index contributed by atoms with van der Waals surface area (Å²) in [6, 6.07) is 7.21. The van der Waals surface area contributed by atoms with Gasteiger partial charge in [-0.2, -0.15) is 5.10 Å². The first-order valence-corrected chi connectivity index (χ1v) is 10.7. The summed E-state index contributed by atoms with van der Waals surface area (Å²) >= 11 is 0. The largest absolute Gasteiger partial charge is 0.367 e. The summed E-state index contributed by atoms with van der Waals surface area (Å²) in [5.41, 5.74) is 1.99. The van der Waals surface area contributed by atoms with Crippen LogP contribution in [0.25, 0.3) is 0 Å². The van der Waals surface area contributed by atoms with Gasteiger partial charge in [0.2, 0.25) is 10.0 Å². The maximum absolute atomic E-state index is 12.6. The summed E-state index contributed by atoms with van der Waals surface area (Å²) in [6.45, 7) is 6.57. The van der Waals surface area contributed by atoms with E-state index in [9.17, 15) is 8.42 Å². The highest BCUT2D eigenvalue weighted by Gasteiger charge is 2.23. The third-order valence-corrected chi connectivity index (χ3v) is 5.94. The van der Waals surface area contributed by atoms with Gasteiger partial charge in [-0.05, 0) is 45.0 Å². The van der Waals surface area contributed by atoms with E-state index in [-0.39, 0.29) is 11.4 Å². The lowest BCUT2D eigenvalue weighted by Crippen LogP contribution is -2.29. The maximum Gasteiger partial charge on any atom is 0.244 e. The Labute approximate surface area is 169 Å². The summed E-state index contributed by atoms with van der Waals surface area (Å²) in [7, 11) is -3.63. The van der Waals surface area contributed by atoms with Gasteiger partial charge in [-0.25, -0.2) is 13.1 Å². The fraction of sp³-hybridized carbons (Fsp3) is 0.333. The van der Waals surface area contributed by atoms with E-state index in [2.05, 4.69) is 35.6 Å². The summed E-state index contributed by atoms with van der Waals surface area (Å²) in [4.78, 5) is 4.20. The van der Waals surface area contributed by atoms with Crippen molar-refractivity contribution in [2.24, 2.45) is 0 Å². The van der Waals surface area contributed by atoms with E-state index in [1.54, 1.807) is 43.1 Å². The van der Waals surface area contributed by atoms with Crippen LogP contribution in [-0.4, -0.2) is 46.5 Å². The second kappa shape index (κ2) is 8.97. The van der Waals surface area contributed by atoms with Gasteiger partial charge in [-0.15, -0.1) is 10.2 Å². The van der Waals surface area contributed by atoms with Gasteiger partial charge in [0.05, 0.1) is 11.4 Å². The molecule has 0 aliphatic heterocycles. The number of sulfonamides is 1. The van der Waals surface area contributed by atoms with E-state index in [0.717, 1.165) is 5.69 Å². The molecule has 0 atom stereocenters. The molecule has 0 aliphatic carbocycles. The molecular formula is C18H24N8O2S. The van der Waals surface area contributed by atoms with E-state index >= 15 is 0 Å². The standard InChI is InChI=1S/C18H24N8O2S/c1-4-26-14(3)18(13(2)25-26)29(27,28)21-12-11-20-16-5-6-17(24-23-16)22-15-7-9-19-10-8-15/h5-10,21H,4,11-12H2,1-3H3,(H,20,23)(H,19,22,24). The molecule has 0 saturated heterocycles. The Morgan fingerprint density at radius 2 is 1.69 bits per heavy atom. The molecule has 3 heterocycles. The topological polar surface area (TPSA) is 127 Å². The number of hydrogen-bond acceptors (Lipinski definition) is 8. The number of anilines is 3. The van der Waals surface area contributed by atoms with Gasteiger partial charge in [0.15, 0.2) is 5.82 Å². The lowest BCUT2D eigenvalue weighted by molar-refractivity contribution is 0.580. The first-order valence-electron chi connectivity index (χ1n) is 9.19. The average molecular weight is 417 g/mol. The van der Waals surface area contributed by atoms with Gasteiger partial charge in [0.25, 0.3) is 0 Å². The molecule has 3 N–H and O–H groups in total. The van der Waals surface area contributed by atoms with Crippen LogP contribution in [0, 0.1) is 13.8 Å². The fourth-order valence-corrected chi connectivity index (χ4v) is 4.34. The molecule has 3 aromatic rings. The highest BCUT2D eigenvalue weighted by atomic mass is 32.2.